The van der Waals surface area contributed by atoms with Gasteiger partial charge in [-0.2, -0.15) is 23.4 Å². The van der Waals surface area contributed by atoms with Crippen LogP contribution in [0.4, 0.5) is 25.0 Å². The van der Waals surface area contributed by atoms with Crippen molar-refractivity contribution >= 4 is 11.8 Å². The standard InChI is InChI=1S/C13H6F3N7O/c14-13(15,16)7-1-2-9(19-4-7)11-22-12(24-23-11)21-10-6-18-8(3-17)5-20-10/h1-2,4-6H,(H,20,21,22,23). The lowest BCUT2D eigenvalue weighted by Crippen LogP contribution is -2.05. The molecule has 1 N–H and O–H groups in total. The number of alkyl halides is 3. The average Bonchev–Trinajstić information content (AvgIpc) is 3.03. The quantitative estimate of drug-likeness (QED) is 0.778. The molecule has 0 saturated carbocycles. The van der Waals surface area contributed by atoms with Crippen molar-refractivity contribution in [1.82, 2.24) is 25.1 Å². The SMILES string of the molecule is N#Cc1cnc(Nc2nc(-c3ccc(C(F)(F)F)cn3)no2)cn1. The van der Waals surface area contributed by atoms with Crippen LogP contribution in [0.3, 0.4) is 0 Å². The first-order chi connectivity index (χ1) is 11.5. The minimum absolute atomic E-state index is 0.00725. The Labute approximate surface area is 132 Å². The van der Waals surface area contributed by atoms with Gasteiger partial charge in [0.2, 0.25) is 5.82 Å². The molecule has 0 unspecified atom stereocenters. The van der Waals surface area contributed by atoms with E-state index >= 15 is 0 Å². The maximum atomic E-state index is 12.5. The van der Waals surface area contributed by atoms with Crippen molar-refractivity contribution in [3.8, 4) is 17.6 Å². The average molecular weight is 333 g/mol. The van der Waals surface area contributed by atoms with Crippen LogP contribution in [0.25, 0.3) is 11.5 Å². The molecule has 0 bridgehead atoms. The number of nitriles is 1. The Morgan fingerprint density at radius 1 is 1.08 bits per heavy atom. The molecule has 0 aliphatic rings. The molecule has 0 aliphatic carbocycles. The van der Waals surface area contributed by atoms with Crippen LogP contribution in [-0.2, 0) is 6.18 Å². The fraction of sp³-hybridized carbons (Fsp3) is 0.0769. The van der Waals surface area contributed by atoms with Crippen molar-refractivity contribution in [3.63, 3.8) is 0 Å². The van der Waals surface area contributed by atoms with Gasteiger partial charge < -0.3 is 4.52 Å². The molecule has 8 nitrogen and oxygen atoms in total. The second-order valence-electron chi connectivity index (χ2n) is 4.38. The first-order valence-electron chi connectivity index (χ1n) is 6.32. The van der Waals surface area contributed by atoms with Crippen LogP contribution < -0.4 is 5.32 Å². The van der Waals surface area contributed by atoms with E-state index in [9.17, 15) is 13.2 Å². The zero-order chi connectivity index (χ0) is 17.2. The zero-order valence-corrected chi connectivity index (χ0v) is 11.6. The predicted octanol–water partition coefficient (Wildman–Crippen LogP) is 2.56. The highest BCUT2D eigenvalue weighted by Crippen LogP contribution is 2.29. The van der Waals surface area contributed by atoms with Gasteiger partial charge in [-0.3, -0.25) is 10.3 Å². The van der Waals surface area contributed by atoms with Crippen molar-refractivity contribution in [2.24, 2.45) is 0 Å². The monoisotopic (exact) mass is 333 g/mol. The molecule has 0 radical (unpaired) electrons. The Morgan fingerprint density at radius 3 is 2.50 bits per heavy atom. The lowest BCUT2D eigenvalue weighted by Gasteiger charge is -2.05. The molecule has 120 valence electrons. The Kier molecular flexibility index (Phi) is 3.78. The summed E-state index contributed by atoms with van der Waals surface area (Å²) in [5, 5.41) is 14.9. The highest BCUT2D eigenvalue weighted by atomic mass is 19.4. The van der Waals surface area contributed by atoms with Gasteiger partial charge in [-0.1, -0.05) is 5.16 Å². The number of nitrogens with one attached hydrogen (secondary N) is 1. The first kappa shape index (κ1) is 15.3. The van der Waals surface area contributed by atoms with E-state index in [0.717, 1.165) is 12.1 Å². The molecule has 0 fully saturated rings. The molecule has 24 heavy (non-hydrogen) atoms. The molecule has 3 heterocycles. The molecular formula is C13H6F3N7O. The Hall–Kier alpha value is -3.55. The molecule has 3 rings (SSSR count). The van der Waals surface area contributed by atoms with Gasteiger partial charge >= 0.3 is 12.2 Å². The summed E-state index contributed by atoms with van der Waals surface area (Å²) >= 11 is 0. The van der Waals surface area contributed by atoms with E-state index in [1.54, 1.807) is 0 Å². The third kappa shape index (κ3) is 3.27. The number of rotatable bonds is 3. The van der Waals surface area contributed by atoms with E-state index in [2.05, 4.69) is 30.4 Å². The molecular weight excluding hydrogens is 327 g/mol. The topological polar surface area (TPSA) is 113 Å². The van der Waals surface area contributed by atoms with E-state index in [1.165, 1.54) is 12.4 Å². The van der Waals surface area contributed by atoms with Crippen LogP contribution in [0.2, 0.25) is 0 Å². The number of hydrogen-bond donors (Lipinski definition) is 1. The summed E-state index contributed by atoms with van der Waals surface area (Å²) in [6.07, 6.45) is -1.25. The molecule has 0 amide bonds. The number of aromatic nitrogens is 5. The Balaban J connectivity index is 1.76. The zero-order valence-electron chi connectivity index (χ0n) is 11.6. The van der Waals surface area contributed by atoms with Gasteiger partial charge in [-0.05, 0) is 12.1 Å². The van der Waals surface area contributed by atoms with Crippen LogP contribution in [0.5, 0.6) is 0 Å². The first-order valence-corrected chi connectivity index (χ1v) is 6.32. The fourth-order valence-electron chi connectivity index (χ4n) is 1.63. The van der Waals surface area contributed by atoms with E-state index in [0.29, 0.717) is 6.20 Å². The summed E-state index contributed by atoms with van der Waals surface area (Å²) in [7, 11) is 0. The third-order valence-electron chi connectivity index (χ3n) is 2.75. The van der Waals surface area contributed by atoms with Crippen molar-refractivity contribution in [3.05, 3.63) is 42.0 Å². The van der Waals surface area contributed by atoms with Crippen LogP contribution >= 0.6 is 0 Å². The summed E-state index contributed by atoms with van der Waals surface area (Å²) < 4.78 is 42.4. The molecule has 0 atom stereocenters. The largest absolute Gasteiger partial charge is 0.417 e. The Morgan fingerprint density at radius 2 is 1.92 bits per heavy atom. The number of pyridine rings is 1. The van der Waals surface area contributed by atoms with Gasteiger partial charge in [-0.15, -0.1) is 0 Å². The van der Waals surface area contributed by atoms with Gasteiger partial charge in [0.25, 0.3) is 0 Å². The number of nitrogens with zero attached hydrogens (tertiary/aromatic N) is 6. The van der Waals surface area contributed by atoms with Gasteiger partial charge in [0, 0.05) is 6.20 Å². The van der Waals surface area contributed by atoms with Gasteiger partial charge in [0.05, 0.1) is 18.0 Å². The molecule has 0 saturated heterocycles. The number of anilines is 2. The van der Waals surface area contributed by atoms with Crippen LogP contribution in [-0.4, -0.2) is 25.1 Å². The summed E-state index contributed by atoms with van der Waals surface area (Å²) in [4.78, 5) is 15.3. The van der Waals surface area contributed by atoms with Crippen molar-refractivity contribution in [1.29, 1.82) is 5.26 Å². The fourth-order valence-corrected chi connectivity index (χ4v) is 1.63. The van der Waals surface area contributed by atoms with E-state index < -0.39 is 11.7 Å². The minimum Gasteiger partial charge on any atom is -0.315 e. The van der Waals surface area contributed by atoms with Gasteiger partial charge in [0.1, 0.15) is 11.8 Å². The normalized spacial score (nSPS) is 11.1. The van der Waals surface area contributed by atoms with Crippen LogP contribution in [0.15, 0.2) is 35.2 Å². The van der Waals surface area contributed by atoms with Crippen LogP contribution in [0, 0.1) is 11.3 Å². The summed E-state index contributed by atoms with van der Waals surface area (Å²) in [6.45, 7) is 0. The number of halogens is 3. The van der Waals surface area contributed by atoms with E-state index in [4.69, 9.17) is 9.78 Å². The van der Waals surface area contributed by atoms with Gasteiger partial charge in [0.15, 0.2) is 11.5 Å². The van der Waals surface area contributed by atoms with Crippen molar-refractivity contribution in [2.75, 3.05) is 5.32 Å². The van der Waals surface area contributed by atoms with Crippen LogP contribution in [0.1, 0.15) is 11.3 Å². The summed E-state index contributed by atoms with van der Waals surface area (Å²) in [5.41, 5.74) is -0.618. The smallest absolute Gasteiger partial charge is 0.315 e. The highest BCUT2D eigenvalue weighted by molar-refractivity contribution is 5.52. The molecule has 3 aromatic heterocycles. The van der Waals surface area contributed by atoms with Gasteiger partial charge in [-0.25, -0.2) is 9.97 Å². The lowest BCUT2D eigenvalue weighted by atomic mass is 10.2. The van der Waals surface area contributed by atoms with Crippen molar-refractivity contribution < 1.29 is 17.7 Å². The Bertz CT molecular complexity index is 882. The molecule has 0 aromatic carbocycles. The highest BCUT2D eigenvalue weighted by Gasteiger charge is 2.30. The second kappa shape index (κ2) is 5.92. The van der Waals surface area contributed by atoms with E-state index in [1.807, 2.05) is 6.07 Å². The van der Waals surface area contributed by atoms with Crippen molar-refractivity contribution in [2.45, 2.75) is 6.18 Å². The van der Waals surface area contributed by atoms with E-state index in [-0.39, 0.29) is 29.0 Å². The third-order valence-corrected chi connectivity index (χ3v) is 2.75. The lowest BCUT2D eigenvalue weighted by molar-refractivity contribution is -0.137. The number of hydrogen-bond acceptors (Lipinski definition) is 8. The molecule has 3 aromatic rings. The summed E-state index contributed by atoms with van der Waals surface area (Å²) in [5.74, 6) is 0.261. The molecule has 0 aliphatic heterocycles. The maximum absolute atomic E-state index is 12.5. The minimum atomic E-state index is -4.47. The second-order valence-corrected chi connectivity index (χ2v) is 4.38. The summed E-state index contributed by atoms with van der Waals surface area (Å²) in [6, 6.07) is 3.78. The molecule has 0 spiro atoms. The predicted molar refractivity (Wildman–Crippen MR) is 72.6 cm³/mol. The molecule has 11 heteroatoms. The maximum Gasteiger partial charge on any atom is 0.417 e.